The maximum absolute atomic E-state index is 13.4. The van der Waals surface area contributed by atoms with Gasteiger partial charge in [0, 0.05) is 28.6 Å². The summed E-state index contributed by atoms with van der Waals surface area (Å²) in [4.78, 5) is 29.1. The molecule has 192 valence electrons. The maximum atomic E-state index is 13.4. The van der Waals surface area contributed by atoms with Crippen molar-refractivity contribution >= 4 is 41.0 Å². The highest BCUT2D eigenvalue weighted by Crippen LogP contribution is 2.38. The van der Waals surface area contributed by atoms with E-state index in [-0.39, 0.29) is 12.3 Å². The van der Waals surface area contributed by atoms with Gasteiger partial charge in [-0.15, -0.1) is 5.10 Å². The topological polar surface area (TPSA) is 112 Å². The number of carbonyl (C=O) groups excluding carboxylic acids is 1. The number of hydrogen-bond acceptors (Lipinski definition) is 8. The number of ether oxygens (including phenoxy) is 1. The van der Waals surface area contributed by atoms with E-state index < -0.39 is 16.9 Å². The molecule has 0 saturated carbocycles. The van der Waals surface area contributed by atoms with E-state index in [9.17, 15) is 14.9 Å². The van der Waals surface area contributed by atoms with Crippen molar-refractivity contribution in [2.45, 2.75) is 30.5 Å². The molecule has 0 bridgehead atoms. The minimum absolute atomic E-state index is 0.0846. The third-order valence-corrected chi connectivity index (χ3v) is 7.23. The van der Waals surface area contributed by atoms with Crippen molar-refractivity contribution in [3.63, 3.8) is 0 Å². The van der Waals surface area contributed by atoms with Gasteiger partial charge < -0.3 is 10.1 Å². The number of esters is 1. The van der Waals surface area contributed by atoms with E-state index >= 15 is 0 Å². The summed E-state index contributed by atoms with van der Waals surface area (Å²) in [7, 11) is 0. The molecule has 11 heteroatoms. The SMILES string of the molecule is CC1=C(C(=O)OCc2ccccc2)C(c2cccc([N+](=O)[O-])c2)n2nc(SCc3ccccc3Cl)nc2N1. The Morgan fingerprint density at radius 2 is 1.89 bits per heavy atom. The highest BCUT2D eigenvalue weighted by Gasteiger charge is 2.36. The van der Waals surface area contributed by atoms with Gasteiger partial charge in [-0.05, 0) is 29.7 Å². The van der Waals surface area contributed by atoms with Crippen LogP contribution in [0.1, 0.15) is 29.7 Å². The summed E-state index contributed by atoms with van der Waals surface area (Å²) in [6.45, 7) is 1.83. The van der Waals surface area contributed by atoms with Gasteiger partial charge in [0.2, 0.25) is 11.1 Å². The molecular formula is C27H22ClN5O4S. The van der Waals surface area contributed by atoms with E-state index in [1.807, 2.05) is 54.6 Å². The monoisotopic (exact) mass is 547 g/mol. The van der Waals surface area contributed by atoms with E-state index in [2.05, 4.69) is 15.4 Å². The Morgan fingerprint density at radius 1 is 1.13 bits per heavy atom. The molecule has 9 nitrogen and oxygen atoms in total. The van der Waals surface area contributed by atoms with Crippen LogP contribution in [0.5, 0.6) is 0 Å². The number of non-ortho nitro benzene ring substituents is 1. The Morgan fingerprint density at radius 3 is 2.66 bits per heavy atom. The van der Waals surface area contributed by atoms with Gasteiger partial charge in [0.05, 0.1) is 10.5 Å². The second kappa shape index (κ2) is 11.1. The number of aromatic nitrogens is 3. The van der Waals surface area contributed by atoms with Crippen LogP contribution in [0.3, 0.4) is 0 Å². The van der Waals surface area contributed by atoms with E-state index in [0.29, 0.717) is 38.7 Å². The number of benzene rings is 3. The lowest BCUT2D eigenvalue weighted by molar-refractivity contribution is -0.384. The fraction of sp³-hybridized carbons (Fsp3) is 0.148. The molecule has 2 heterocycles. The van der Waals surface area contributed by atoms with E-state index in [1.54, 1.807) is 23.7 Å². The standard InChI is InChI=1S/C27H22ClN5O4S/c1-17-23(25(34)37-15-18-8-3-2-4-9-18)24(19-11-7-12-21(14-19)33(35)36)32-26(29-17)30-27(31-32)38-16-20-10-5-6-13-22(20)28/h2-14,24H,15-16H2,1H3,(H,29,30,31). The molecule has 1 aromatic heterocycles. The lowest BCUT2D eigenvalue weighted by Gasteiger charge is -2.28. The molecule has 0 radical (unpaired) electrons. The van der Waals surface area contributed by atoms with Gasteiger partial charge in [-0.25, -0.2) is 9.48 Å². The molecule has 1 atom stereocenters. The molecule has 0 aliphatic carbocycles. The van der Waals surface area contributed by atoms with Crippen molar-refractivity contribution < 1.29 is 14.5 Å². The minimum Gasteiger partial charge on any atom is -0.457 e. The van der Waals surface area contributed by atoms with Gasteiger partial charge in [0.25, 0.3) is 5.69 Å². The average molecular weight is 548 g/mol. The number of allylic oxidation sites excluding steroid dienone is 1. The number of rotatable bonds is 8. The van der Waals surface area contributed by atoms with Crippen LogP contribution >= 0.6 is 23.4 Å². The molecular weight excluding hydrogens is 526 g/mol. The fourth-order valence-corrected chi connectivity index (χ4v) is 5.25. The molecule has 0 spiro atoms. The van der Waals surface area contributed by atoms with Gasteiger partial charge in [-0.3, -0.25) is 10.1 Å². The molecule has 4 aromatic rings. The first-order valence-corrected chi connectivity index (χ1v) is 13.0. The van der Waals surface area contributed by atoms with Crippen molar-refractivity contribution in [1.29, 1.82) is 0 Å². The third kappa shape index (κ3) is 5.41. The molecule has 3 aromatic carbocycles. The molecule has 0 amide bonds. The van der Waals surface area contributed by atoms with E-state index in [4.69, 9.17) is 16.3 Å². The summed E-state index contributed by atoms with van der Waals surface area (Å²) in [6.07, 6.45) is 0. The molecule has 38 heavy (non-hydrogen) atoms. The van der Waals surface area contributed by atoms with E-state index in [0.717, 1.165) is 11.1 Å². The second-order valence-electron chi connectivity index (χ2n) is 8.52. The predicted molar refractivity (Wildman–Crippen MR) is 145 cm³/mol. The Labute approximate surface area is 227 Å². The zero-order valence-corrected chi connectivity index (χ0v) is 21.8. The van der Waals surface area contributed by atoms with Crippen molar-refractivity contribution in [3.8, 4) is 0 Å². The lowest BCUT2D eigenvalue weighted by atomic mass is 9.95. The molecule has 1 N–H and O–H groups in total. The van der Waals surface area contributed by atoms with Gasteiger partial charge in [0.15, 0.2) is 0 Å². The van der Waals surface area contributed by atoms with Crippen LogP contribution in [0.2, 0.25) is 5.02 Å². The number of nitro groups is 1. The number of halogens is 1. The fourth-order valence-electron chi connectivity index (χ4n) is 4.13. The molecule has 0 saturated heterocycles. The third-order valence-electron chi connectivity index (χ3n) is 5.98. The zero-order chi connectivity index (χ0) is 26.6. The summed E-state index contributed by atoms with van der Waals surface area (Å²) in [6, 6.07) is 22.3. The summed E-state index contributed by atoms with van der Waals surface area (Å²) >= 11 is 7.69. The van der Waals surface area contributed by atoms with Crippen LogP contribution in [-0.4, -0.2) is 25.7 Å². The van der Waals surface area contributed by atoms with Crippen LogP contribution in [0.25, 0.3) is 0 Å². The molecule has 1 unspecified atom stereocenters. The first-order chi connectivity index (χ1) is 18.4. The van der Waals surface area contributed by atoms with E-state index in [1.165, 1.54) is 23.9 Å². The number of nitro benzene ring substituents is 1. The van der Waals surface area contributed by atoms with Crippen molar-refractivity contribution in [1.82, 2.24) is 14.8 Å². The smallest absolute Gasteiger partial charge is 0.338 e. The van der Waals surface area contributed by atoms with Gasteiger partial charge >= 0.3 is 5.97 Å². The largest absolute Gasteiger partial charge is 0.457 e. The van der Waals surface area contributed by atoms with Crippen LogP contribution < -0.4 is 5.32 Å². The zero-order valence-electron chi connectivity index (χ0n) is 20.2. The number of nitrogens with zero attached hydrogens (tertiary/aromatic N) is 4. The maximum Gasteiger partial charge on any atom is 0.338 e. The van der Waals surface area contributed by atoms with Crippen LogP contribution in [0.4, 0.5) is 11.6 Å². The first kappa shape index (κ1) is 25.5. The Bertz CT molecular complexity index is 1540. The molecule has 5 rings (SSSR count). The first-order valence-electron chi connectivity index (χ1n) is 11.7. The summed E-state index contributed by atoms with van der Waals surface area (Å²) < 4.78 is 7.23. The highest BCUT2D eigenvalue weighted by molar-refractivity contribution is 7.98. The normalized spacial score (nSPS) is 14.5. The Kier molecular flexibility index (Phi) is 7.43. The predicted octanol–water partition coefficient (Wildman–Crippen LogP) is 6.16. The number of nitrogens with one attached hydrogen (secondary N) is 1. The van der Waals surface area contributed by atoms with Crippen LogP contribution in [0, 0.1) is 10.1 Å². The number of hydrogen-bond donors (Lipinski definition) is 1. The van der Waals surface area contributed by atoms with Gasteiger partial charge in [-0.2, -0.15) is 4.98 Å². The van der Waals surface area contributed by atoms with Crippen LogP contribution in [-0.2, 0) is 21.9 Å². The van der Waals surface area contributed by atoms with Gasteiger partial charge in [-0.1, -0.05) is 84.0 Å². The van der Waals surface area contributed by atoms with Crippen molar-refractivity contribution in [2.24, 2.45) is 0 Å². The number of thioether (sulfide) groups is 1. The number of fused-ring (bicyclic) bond motifs is 1. The van der Waals surface area contributed by atoms with Crippen molar-refractivity contribution in [3.05, 3.63) is 122 Å². The quantitative estimate of drug-likeness (QED) is 0.121. The number of carbonyl (C=O) groups is 1. The molecule has 1 aliphatic rings. The van der Waals surface area contributed by atoms with Crippen molar-refractivity contribution in [2.75, 3.05) is 5.32 Å². The summed E-state index contributed by atoms with van der Waals surface area (Å²) in [5.74, 6) is 0.408. The minimum atomic E-state index is -0.781. The van der Waals surface area contributed by atoms with Crippen LogP contribution in [0.15, 0.2) is 95.3 Å². The molecule has 0 fully saturated rings. The summed E-state index contributed by atoms with van der Waals surface area (Å²) in [5, 5.41) is 20.4. The second-order valence-corrected chi connectivity index (χ2v) is 9.87. The Balaban J connectivity index is 1.49. The lowest BCUT2D eigenvalue weighted by Crippen LogP contribution is -2.29. The number of anilines is 1. The highest BCUT2D eigenvalue weighted by atomic mass is 35.5. The summed E-state index contributed by atoms with van der Waals surface area (Å²) in [5.41, 5.74) is 3.03. The average Bonchev–Trinajstić information content (AvgIpc) is 3.33. The Hall–Kier alpha value is -4.15. The molecule has 1 aliphatic heterocycles. The van der Waals surface area contributed by atoms with Gasteiger partial charge in [0.1, 0.15) is 12.6 Å².